The fourth-order valence-electron chi connectivity index (χ4n) is 1.69. The molecule has 2 rings (SSSR count). The van der Waals surface area contributed by atoms with Gasteiger partial charge in [-0.05, 0) is 19.8 Å². The van der Waals surface area contributed by atoms with Gasteiger partial charge in [-0.2, -0.15) is 0 Å². The molecule has 18 heavy (non-hydrogen) atoms. The van der Waals surface area contributed by atoms with Crippen molar-refractivity contribution in [1.82, 2.24) is 9.88 Å². The number of hydrogen-bond donors (Lipinski definition) is 1. The third-order valence-electron chi connectivity index (χ3n) is 2.56. The average Bonchev–Trinajstić information content (AvgIpc) is 2.97. The van der Waals surface area contributed by atoms with E-state index >= 15 is 0 Å². The Kier molecular flexibility index (Phi) is 4.96. The van der Waals surface area contributed by atoms with Gasteiger partial charge in [0.15, 0.2) is 5.13 Å². The third-order valence-corrected chi connectivity index (χ3v) is 4.96. The molecule has 1 aliphatic rings. The number of likely N-dealkylation sites (tertiary alicyclic amines) is 1. The number of nitrogens with one attached hydrogen (secondary N) is 1. The van der Waals surface area contributed by atoms with E-state index < -0.39 is 0 Å². The van der Waals surface area contributed by atoms with Crippen LogP contribution in [0, 0.1) is 6.92 Å². The Labute approximate surface area is 120 Å². The highest BCUT2D eigenvalue weighted by atomic mass is 32.2. The van der Waals surface area contributed by atoms with Gasteiger partial charge in [-0.15, -0.1) is 11.3 Å². The maximum absolute atomic E-state index is 11.7. The molecule has 7 heteroatoms. The molecular weight excluding hydrogens is 286 g/mol. The second-order valence-electron chi connectivity index (χ2n) is 4.09. The highest BCUT2D eigenvalue weighted by Crippen LogP contribution is 2.18. The summed E-state index contributed by atoms with van der Waals surface area (Å²) >= 11 is 8.17. The fourth-order valence-corrected chi connectivity index (χ4v) is 3.44. The van der Waals surface area contributed by atoms with Crippen LogP contribution in [0.2, 0.25) is 0 Å². The summed E-state index contributed by atoms with van der Waals surface area (Å²) in [6, 6.07) is 0. The summed E-state index contributed by atoms with van der Waals surface area (Å²) < 4.78 is 0.831. The molecule has 0 atom stereocenters. The molecule has 1 aromatic rings. The minimum atomic E-state index is -0.0455. The molecule has 0 aliphatic carbocycles. The van der Waals surface area contributed by atoms with Crippen molar-refractivity contribution in [3.8, 4) is 0 Å². The summed E-state index contributed by atoms with van der Waals surface area (Å²) in [7, 11) is 0. The van der Waals surface area contributed by atoms with Gasteiger partial charge in [0.25, 0.3) is 0 Å². The number of carbonyl (C=O) groups excluding carboxylic acids is 1. The van der Waals surface area contributed by atoms with Crippen molar-refractivity contribution >= 4 is 50.7 Å². The number of thiazole rings is 1. The van der Waals surface area contributed by atoms with Crippen molar-refractivity contribution in [1.29, 1.82) is 0 Å². The Morgan fingerprint density at radius 3 is 2.94 bits per heavy atom. The molecule has 98 valence electrons. The number of thioether (sulfide) groups is 1. The molecule has 1 saturated heterocycles. The van der Waals surface area contributed by atoms with Crippen LogP contribution in [-0.2, 0) is 4.79 Å². The summed E-state index contributed by atoms with van der Waals surface area (Å²) in [5.74, 6) is 0.310. The zero-order chi connectivity index (χ0) is 13.0. The number of aromatic nitrogens is 1. The highest BCUT2D eigenvalue weighted by Gasteiger charge is 2.16. The van der Waals surface area contributed by atoms with E-state index in [4.69, 9.17) is 12.2 Å². The topological polar surface area (TPSA) is 45.2 Å². The average molecular weight is 301 g/mol. The van der Waals surface area contributed by atoms with E-state index in [9.17, 15) is 4.79 Å². The Morgan fingerprint density at radius 1 is 1.61 bits per heavy atom. The first-order chi connectivity index (χ1) is 8.65. The van der Waals surface area contributed by atoms with E-state index in [1.807, 2.05) is 12.3 Å². The predicted octanol–water partition coefficient (Wildman–Crippen LogP) is 2.50. The van der Waals surface area contributed by atoms with Crippen LogP contribution in [0.15, 0.2) is 5.38 Å². The second-order valence-corrected chi connectivity index (χ2v) is 6.56. The molecule has 1 N–H and O–H groups in total. The second kappa shape index (κ2) is 6.49. The summed E-state index contributed by atoms with van der Waals surface area (Å²) in [5.41, 5.74) is 0.926. The van der Waals surface area contributed by atoms with Gasteiger partial charge >= 0.3 is 0 Å². The SMILES string of the molecule is Cc1csc(NC(=O)CSC(=S)N2CCCC2)n1. The lowest BCUT2D eigenvalue weighted by atomic mass is 10.4. The van der Waals surface area contributed by atoms with Crippen molar-refractivity contribution in [2.45, 2.75) is 19.8 Å². The van der Waals surface area contributed by atoms with Gasteiger partial charge in [0.2, 0.25) is 5.91 Å². The number of hydrogen-bond acceptors (Lipinski definition) is 5. The first-order valence-corrected chi connectivity index (χ1v) is 8.06. The van der Waals surface area contributed by atoms with Crippen LogP contribution in [0.5, 0.6) is 0 Å². The van der Waals surface area contributed by atoms with Crippen LogP contribution in [0.4, 0.5) is 5.13 Å². The molecule has 0 spiro atoms. The molecule has 0 unspecified atom stereocenters. The van der Waals surface area contributed by atoms with Crippen LogP contribution in [0.1, 0.15) is 18.5 Å². The normalized spacial score (nSPS) is 14.8. The van der Waals surface area contributed by atoms with Gasteiger partial charge in [-0.25, -0.2) is 4.98 Å². The van der Waals surface area contributed by atoms with Crippen LogP contribution in [0.25, 0.3) is 0 Å². The predicted molar refractivity (Wildman–Crippen MR) is 81.3 cm³/mol. The van der Waals surface area contributed by atoms with E-state index in [1.54, 1.807) is 0 Å². The minimum absolute atomic E-state index is 0.0455. The molecule has 1 amide bonds. The first-order valence-electron chi connectivity index (χ1n) is 5.79. The molecular formula is C11H15N3OS3. The smallest absolute Gasteiger partial charge is 0.236 e. The van der Waals surface area contributed by atoms with Gasteiger partial charge in [0.05, 0.1) is 11.4 Å². The number of aryl methyl sites for hydroxylation is 1. The standard InChI is InChI=1S/C11H15N3OS3/c1-8-6-17-10(12-8)13-9(15)7-18-11(16)14-4-2-3-5-14/h6H,2-5,7H2,1H3,(H,12,13,15). The van der Waals surface area contributed by atoms with Gasteiger partial charge < -0.3 is 10.2 Å². The van der Waals surface area contributed by atoms with Gasteiger partial charge in [-0.3, -0.25) is 4.79 Å². The number of amides is 1. The molecule has 0 saturated carbocycles. The first kappa shape index (κ1) is 13.8. The third kappa shape index (κ3) is 3.93. The lowest BCUT2D eigenvalue weighted by molar-refractivity contribution is -0.113. The van der Waals surface area contributed by atoms with Gasteiger partial charge in [0.1, 0.15) is 4.32 Å². The van der Waals surface area contributed by atoms with Crippen molar-refractivity contribution in [2.24, 2.45) is 0 Å². The molecule has 2 heterocycles. The Morgan fingerprint density at radius 2 is 2.33 bits per heavy atom. The largest absolute Gasteiger partial charge is 0.358 e. The van der Waals surface area contributed by atoms with Crippen molar-refractivity contribution < 1.29 is 4.79 Å². The summed E-state index contributed by atoms with van der Waals surface area (Å²) in [6.07, 6.45) is 2.40. The fraction of sp³-hybridized carbons (Fsp3) is 0.545. The molecule has 0 aromatic carbocycles. The van der Waals surface area contributed by atoms with E-state index in [2.05, 4.69) is 15.2 Å². The molecule has 0 radical (unpaired) electrons. The number of thiocarbonyl (C=S) groups is 1. The van der Waals surface area contributed by atoms with E-state index in [-0.39, 0.29) is 5.91 Å². The molecule has 1 aliphatic heterocycles. The molecule has 0 bridgehead atoms. The van der Waals surface area contributed by atoms with Gasteiger partial charge in [0, 0.05) is 18.5 Å². The number of nitrogens with zero attached hydrogens (tertiary/aromatic N) is 2. The lowest BCUT2D eigenvalue weighted by Crippen LogP contribution is -2.25. The zero-order valence-corrected chi connectivity index (χ0v) is 12.6. The van der Waals surface area contributed by atoms with E-state index in [1.165, 1.54) is 35.9 Å². The van der Waals surface area contributed by atoms with Crippen molar-refractivity contribution in [3.63, 3.8) is 0 Å². The summed E-state index contributed by atoms with van der Waals surface area (Å²) in [4.78, 5) is 18.1. The van der Waals surface area contributed by atoms with Crippen LogP contribution >= 0.6 is 35.3 Å². The number of rotatable bonds is 3. The van der Waals surface area contributed by atoms with Crippen LogP contribution in [0.3, 0.4) is 0 Å². The summed E-state index contributed by atoms with van der Waals surface area (Å²) in [5, 5.41) is 5.35. The molecule has 4 nitrogen and oxygen atoms in total. The molecule has 1 fully saturated rings. The maximum Gasteiger partial charge on any atom is 0.236 e. The number of carbonyl (C=O) groups is 1. The van der Waals surface area contributed by atoms with Gasteiger partial charge in [-0.1, -0.05) is 24.0 Å². The zero-order valence-electron chi connectivity index (χ0n) is 10.1. The van der Waals surface area contributed by atoms with Crippen molar-refractivity contribution in [2.75, 3.05) is 24.2 Å². The lowest BCUT2D eigenvalue weighted by Gasteiger charge is -2.17. The van der Waals surface area contributed by atoms with E-state index in [0.29, 0.717) is 10.9 Å². The highest BCUT2D eigenvalue weighted by molar-refractivity contribution is 8.23. The van der Waals surface area contributed by atoms with Crippen LogP contribution < -0.4 is 5.32 Å². The van der Waals surface area contributed by atoms with E-state index in [0.717, 1.165) is 23.1 Å². The Bertz CT molecular complexity index is 440. The van der Waals surface area contributed by atoms with Crippen molar-refractivity contribution in [3.05, 3.63) is 11.1 Å². The molecule has 1 aromatic heterocycles. The Balaban J connectivity index is 1.72. The number of anilines is 1. The monoisotopic (exact) mass is 301 g/mol. The Hall–Kier alpha value is -0.660. The summed E-state index contributed by atoms with van der Waals surface area (Å²) in [6.45, 7) is 3.96. The quantitative estimate of drug-likeness (QED) is 0.869. The minimum Gasteiger partial charge on any atom is -0.358 e. The van der Waals surface area contributed by atoms with Crippen LogP contribution in [-0.4, -0.2) is 39.0 Å². The maximum atomic E-state index is 11.7.